The van der Waals surface area contributed by atoms with Crippen LogP contribution in [0.15, 0.2) is 4.99 Å². The van der Waals surface area contributed by atoms with Crippen molar-refractivity contribution in [2.45, 2.75) is 60.3 Å². The van der Waals surface area contributed by atoms with Gasteiger partial charge in [0, 0.05) is 26.2 Å². The Labute approximate surface area is 173 Å². The van der Waals surface area contributed by atoms with Crippen molar-refractivity contribution in [2.24, 2.45) is 16.8 Å². The van der Waals surface area contributed by atoms with E-state index in [2.05, 4.69) is 50.2 Å². The molecule has 0 spiro atoms. The molecule has 3 N–H and O–H groups in total. The van der Waals surface area contributed by atoms with E-state index in [-0.39, 0.29) is 30.6 Å². The molecule has 25 heavy (non-hydrogen) atoms. The van der Waals surface area contributed by atoms with Crippen molar-refractivity contribution in [3.8, 4) is 0 Å². The van der Waals surface area contributed by atoms with Gasteiger partial charge in [-0.2, -0.15) is 0 Å². The normalized spacial score (nSPS) is 13.0. The van der Waals surface area contributed by atoms with Crippen LogP contribution in [0.3, 0.4) is 0 Å². The molecule has 0 bridgehead atoms. The lowest BCUT2D eigenvalue weighted by molar-refractivity contribution is 0.245. The summed E-state index contributed by atoms with van der Waals surface area (Å²) in [5.74, 6) is 2.02. The number of guanidine groups is 1. The third-order valence-electron chi connectivity index (χ3n) is 4.28. The molecule has 6 heteroatoms. The molecule has 0 aliphatic heterocycles. The number of hydrogen-bond acceptors (Lipinski definition) is 3. The number of nitrogens with one attached hydrogen (secondary N) is 2. The van der Waals surface area contributed by atoms with Crippen LogP contribution in [0.25, 0.3) is 0 Å². The number of halogens is 1. The smallest absolute Gasteiger partial charge is 0.191 e. The van der Waals surface area contributed by atoms with E-state index >= 15 is 0 Å². The molecule has 0 aliphatic rings. The van der Waals surface area contributed by atoms with Gasteiger partial charge in [0.25, 0.3) is 0 Å². The van der Waals surface area contributed by atoms with Gasteiger partial charge in [0.05, 0.1) is 0 Å². The van der Waals surface area contributed by atoms with Gasteiger partial charge in [-0.1, -0.05) is 27.7 Å². The topological polar surface area (TPSA) is 59.9 Å². The fourth-order valence-electron chi connectivity index (χ4n) is 2.90. The molecule has 0 heterocycles. The van der Waals surface area contributed by atoms with E-state index in [4.69, 9.17) is 4.99 Å². The molecule has 0 saturated carbocycles. The first-order chi connectivity index (χ1) is 11.6. The zero-order valence-corrected chi connectivity index (χ0v) is 19.5. The summed E-state index contributed by atoms with van der Waals surface area (Å²) in [6.07, 6.45) is 4.33. The van der Waals surface area contributed by atoms with Gasteiger partial charge in [0.15, 0.2) is 5.96 Å². The Morgan fingerprint density at radius 3 is 2.28 bits per heavy atom. The standard InChI is InChI=1S/C19H42N4O.HI/c1-6-20-19(21-12-9-10-13-23(7-2)8-3)22-16-18(11-14-24)15-17(4)5;/h17-18,24H,6-16H2,1-5H3,(H2,20,21,22);1H. The lowest BCUT2D eigenvalue weighted by atomic mass is 9.94. The summed E-state index contributed by atoms with van der Waals surface area (Å²) < 4.78 is 0. The maximum Gasteiger partial charge on any atom is 0.191 e. The highest BCUT2D eigenvalue weighted by Gasteiger charge is 2.10. The molecule has 1 unspecified atom stereocenters. The van der Waals surface area contributed by atoms with Crippen molar-refractivity contribution in [1.82, 2.24) is 15.5 Å². The minimum atomic E-state index is 0. The van der Waals surface area contributed by atoms with Crippen LogP contribution in [0, 0.1) is 11.8 Å². The average Bonchev–Trinajstić information content (AvgIpc) is 2.55. The molecule has 0 aromatic heterocycles. The Balaban J connectivity index is 0. The minimum absolute atomic E-state index is 0. The van der Waals surface area contributed by atoms with Crippen molar-refractivity contribution in [1.29, 1.82) is 0 Å². The van der Waals surface area contributed by atoms with Crippen LogP contribution in [-0.2, 0) is 0 Å². The van der Waals surface area contributed by atoms with E-state index in [0.717, 1.165) is 57.9 Å². The van der Waals surface area contributed by atoms with Crippen LogP contribution in [0.5, 0.6) is 0 Å². The molecule has 152 valence electrons. The number of aliphatic hydroxyl groups is 1. The first-order valence-corrected chi connectivity index (χ1v) is 9.92. The van der Waals surface area contributed by atoms with E-state index in [1.165, 1.54) is 13.0 Å². The highest BCUT2D eigenvalue weighted by Crippen LogP contribution is 2.15. The van der Waals surface area contributed by atoms with Gasteiger partial charge in [-0.25, -0.2) is 0 Å². The van der Waals surface area contributed by atoms with Gasteiger partial charge in [0.2, 0.25) is 0 Å². The molecule has 0 aromatic carbocycles. The van der Waals surface area contributed by atoms with Crippen molar-refractivity contribution < 1.29 is 5.11 Å². The average molecular weight is 470 g/mol. The van der Waals surface area contributed by atoms with Crippen molar-refractivity contribution in [2.75, 3.05) is 45.9 Å². The van der Waals surface area contributed by atoms with Crippen LogP contribution in [0.2, 0.25) is 0 Å². The molecule has 0 saturated heterocycles. The lowest BCUT2D eigenvalue weighted by Gasteiger charge is -2.19. The minimum Gasteiger partial charge on any atom is -0.396 e. The lowest BCUT2D eigenvalue weighted by Crippen LogP contribution is -2.38. The number of unbranched alkanes of at least 4 members (excludes halogenated alkanes) is 1. The van der Waals surface area contributed by atoms with Gasteiger partial charge in [-0.05, 0) is 64.1 Å². The Kier molecular flexibility index (Phi) is 20.3. The zero-order chi connectivity index (χ0) is 18.2. The monoisotopic (exact) mass is 470 g/mol. The van der Waals surface area contributed by atoms with Gasteiger partial charge >= 0.3 is 0 Å². The first-order valence-electron chi connectivity index (χ1n) is 9.92. The van der Waals surface area contributed by atoms with E-state index in [9.17, 15) is 5.11 Å². The Morgan fingerprint density at radius 1 is 1.08 bits per heavy atom. The van der Waals surface area contributed by atoms with Crippen molar-refractivity contribution >= 4 is 29.9 Å². The van der Waals surface area contributed by atoms with Crippen LogP contribution < -0.4 is 10.6 Å². The van der Waals surface area contributed by atoms with Gasteiger partial charge < -0.3 is 20.6 Å². The summed E-state index contributed by atoms with van der Waals surface area (Å²) in [5.41, 5.74) is 0. The molecule has 0 fully saturated rings. The van der Waals surface area contributed by atoms with Gasteiger partial charge in [-0.3, -0.25) is 4.99 Å². The third kappa shape index (κ3) is 15.9. The van der Waals surface area contributed by atoms with Crippen LogP contribution in [-0.4, -0.2) is 61.8 Å². The molecule has 0 amide bonds. The Bertz CT molecular complexity index is 310. The highest BCUT2D eigenvalue weighted by atomic mass is 127. The molecule has 5 nitrogen and oxygen atoms in total. The summed E-state index contributed by atoms with van der Waals surface area (Å²) in [6, 6.07) is 0. The predicted octanol–water partition coefficient (Wildman–Crippen LogP) is 3.33. The third-order valence-corrected chi connectivity index (χ3v) is 4.28. The number of nitrogens with zero attached hydrogens (tertiary/aromatic N) is 2. The molecule has 1 atom stereocenters. The number of aliphatic hydroxyl groups excluding tert-OH is 1. The summed E-state index contributed by atoms with van der Waals surface area (Å²) in [6.45, 7) is 17.3. The van der Waals surface area contributed by atoms with E-state index in [0.29, 0.717) is 11.8 Å². The van der Waals surface area contributed by atoms with E-state index in [1.54, 1.807) is 0 Å². The molecule has 0 rings (SSSR count). The largest absolute Gasteiger partial charge is 0.396 e. The zero-order valence-electron chi connectivity index (χ0n) is 17.2. The second-order valence-corrected chi connectivity index (χ2v) is 6.89. The maximum atomic E-state index is 9.22. The Hall–Kier alpha value is -0.0800. The summed E-state index contributed by atoms with van der Waals surface area (Å²) in [5, 5.41) is 16.0. The fraction of sp³-hybridized carbons (Fsp3) is 0.947. The quantitative estimate of drug-likeness (QED) is 0.158. The van der Waals surface area contributed by atoms with Gasteiger partial charge in [0.1, 0.15) is 0 Å². The molecule has 0 aromatic rings. The van der Waals surface area contributed by atoms with E-state index in [1.807, 2.05) is 0 Å². The maximum absolute atomic E-state index is 9.22. The summed E-state index contributed by atoms with van der Waals surface area (Å²) in [7, 11) is 0. The van der Waals surface area contributed by atoms with E-state index < -0.39 is 0 Å². The summed E-state index contributed by atoms with van der Waals surface area (Å²) >= 11 is 0. The first kappa shape index (κ1) is 27.1. The number of aliphatic imine (C=N–C) groups is 1. The van der Waals surface area contributed by atoms with Gasteiger partial charge in [-0.15, -0.1) is 24.0 Å². The fourth-order valence-corrected chi connectivity index (χ4v) is 2.90. The highest BCUT2D eigenvalue weighted by molar-refractivity contribution is 14.0. The number of rotatable bonds is 14. The van der Waals surface area contributed by atoms with Crippen molar-refractivity contribution in [3.63, 3.8) is 0 Å². The second kappa shape index (κ2) is 18.7. The van der Waals surface area contributed by atoms with Crippen LogP contribution >= 0.6 is 24.0 Å². The predicted molar refractivity (Wildman–Crippen MR) is 121 cm³/mol. The second-order valence-electron chi connectivity index (χ2n) is 6.89. The SMILES string of the molecule is CCNC(=NCC(CCO)CC(C)C)NCCCCN(CC)CC.I. The molecular formula is C19H43IN4O. The Morgan fingerprint density at radius 2 is 1.76 bits per heavy atom. The molecule has 0 aliphatic carbocycles. The molecular weight excluding hydrogens is 427 g/mol. The molecule has 0 radical (unpaired) electrons. The summed E-state index contributed by atoms with van der Waals surface area (Å²) in [4.78, 5) is 7.19. The van der Waals surface area contributed by atoms with Crippen LogP contribution in [0.4, 0.5) is 0 Å². The number of hydrogen-bond donors (Lipinski definition) is 3. The van der Waals surface area contributed by atoms with Crippen molar-refractivity contribution in [3.05, 3.63) is 0 Å². The van der Waals surface area contributed by atoms with Crippen LogP contribution in [0.1, 0.15) is 60.3 Å².